The van der Waals surface area contributed by atoms with Crippen LogP contribution in [0.4, 0.5) is 0 Å². The number of rotatable bonds is 9. The molecule has 1 saturated carbocycles. The molecule has 0 saturated heterocycles. The van der Waals surface area contributed by atoms with Gasteiger partial charge < -0.3 is 10.2 Å². The van der Waals surface area contributed by atoms with E-state index in [0.717, 1.165) is 5.56 Å². The number of amides is 2. The smallest absolute Gasteiger partial charge is 0.251 e. The average Bonchev–Trinajstić information content (AvgIpc) is 3.57. The first kappa shape index (κ1) is 21.1. The number of carbonyl (C=O) groups is 2. The monoisotopic (exact) mass is 393 g/mol. The first-order valence-corrected chi connectivity index (χ1v) is 10.3. The highest BCUT2D eigenvalue weighted by atomic mass is 16.2. The third-order valence-electron chi connectivity index (χ3n) is 5.61. The van der Waals surface area contributed by atoms with Crippen LogP contribution in [0.2, 0.25) is 0 Å². The van der Waals surface area contributed by atoms with Gasteiger partial charge in [-0.05, 0) is 56.0 Å². The van der Waals surface area contributed by atoms with Crippen molar-refractivity contribution in [3.63, 3.8) is 0 Å². The molecular formula is C24H31N3O2. The normalized spacial score (nSPS) is 14.5. The van der Waals surface area contributed by atoms with E-state index < -0.39 is 0 Å². The molecule has 1 N–H and O–H groups in total. The van der Waals surface area contributed by atoms with Crippen molar-refractivity contribution in [3.8, 4) is 0 Å². The first-order chi connectivity index (χ1) is 14.0. The van der Waals surface area contributed by atoms with Gasteiger partial charge in [-0.15, -0.1) is 0 Å². The Balaban J connectivity index is 1.61. The van der Waals surface area contributed by atoms with E-state index in [1.165, 1.54) is 18.4 Å². The summed E-state index contributed by atoms with van der Waals surface area (Å²) in [6, 6.07) is 18.0. The highest BCUT2D eigenvalue weighted by Gasteiger charge is 2.34. The molecule has 2 aromatic rings. The van der Waals surface area contributed by atoms with E-state index in [0.29, 0.717) is 31.1 Å². The fourth-order valence-corrected chi connectivity index (χ4v) is 3.67. The second kappa shape index (κ2) is 9.70. The molecule has 0 heterocycles. The van der Waals surface area contributed by atoms with E-state index in [-0.39, 0.29) is 17.9 Å². The highest BCUT2D eigenvalue weighted by molar-refractivity contribution is 5.93. The van der Waals surface area contributed by atoms with Crippen molar-refractivity contribution in [1.82, 2.24) is 15.1 Å². The molecule has 0 spiro atoms. The lowest BCUT2D eigenvalue weighted by molar-refractivity contribution is -0.135. The summed E-state index contributed by atoms with van der Waals surface area (Å²) >= 11 is 0. The SMILES string of the molecule is CNC(=O)c1ccc(CN(C)CC(=O)N(Cc2ccccc2)[C@H](C)C2CC2)cc1. The summed E-state index contributed by atoms with van der Waals surface area (Å²) in [5.74, 6) is 0.702. The molecule has 2 aromatic carbocycles. The number of carbonyl (C=O) groups excluding carboxylic acids is 2. The number of likely N-dealkylation sites (N-methyl/N-ethyl adjacent to an activating group) is 1. The van der Waals surface area contributed by atoms with Crippen LogP contribution in [0.5, 0.6) is 0 Å². The third kappa shape index (κ3) is 5.91. The zero-order valence-electron chi connectivity index (χ0n) is 17.6. The molecular weight excluding hydrogens is 362 g/mol. The van der Waals surface area contributed by atoms with Crippen molar-refractivity contribution in [2.45, 2.75) is 38.9 Å². The molecule has 3 rings (SSSR count). The lowest BCUT2D eigenvalue weighted by Crippen LogP contribution is -2.44. The Bertz CT molecular complexity index is 816. The van der Waals surface area contributed by atoms with Crippen molar-refractivity contribution < 1.29 is 9.59 Å². The van der Waals surface area contributed by atoms with Gasteiger partial charge in [0.2, 0.25) is 5.91 Å². The van der Waals surface area contributed by atoms with E-state index >= 15 is 0 Å². The van der Waals surface area contributed by atoms with E-state index in [4.69, 9.17) is 0 Å². The van der Waals surface area contributed by atoms with E-state index in [1.54, 1.807) is 7.05 Å². The highest BCUT2D eigenvalue weighted by Crippen LogP contribution is 2.35. The average molecular weight is 394 g/mol. The van der Waals surface area contributed by atoms with E-state index in [1.807, 2.05) is 59.3 Å². The summed E-state index contributed by atoms with van der Waals surface area (Å²) in [7, 11) is 3.59. The summed E-state index contributed by atoms with van der Waals surface area (Å²) < 4.78 is 0. The zero-order valence-corrected chi connectivity index (χ0v) is 17.6. The topological polar surface area (TPSA) is 52.7 Å². The second-order valence-corrected chi connectivity index (χ2v) is 8.03. The first-order valence-electron chi connectivity index (χ1n) is 10.3. The Kier molecular flexibility index (Phi) is 7.04. The summed E-state index contributed by atoms with van der Waals surface area (Å²) in [5, 5.41) is 2.63. The van der Waals surface area contributed by atoms with Crippen LogP contribution < -0.4 is 5.32 Å². The van der Waals surface area contributed by atoms with Crippen molar-refractivity contribution in [2.24, 2.45) is 5.92 Å². The van der Waals surface area contributed by atoms with Crippen LogP contribution in [0.3, 0.4) is 0 Å². The molecule has 5 nitrogen and oxygen atoms in total. The zero-order chi connectivity index (χ0) is 20.8. The molecule has 1 atom stereocenters. The van der Waals surface area contributed by atoms with Crippen LogP contribution in [0.25, 0.3) is 0 Å². The Morgan fingerprint density at radius 2 is 1.62 bits per heavy atom. The maximum Gasteiger partial charge on any atom is 0.251 e. The van der Waals surface area contributed by atoms with Crippen molar-refractivity contribution in [2.75, 3.05) is 20.6 Å². The third-order valence-corrected chi connectivity index (χ3v) is 5.61. The lowest BCUT2D eigenvalue weighted by atomic mass is 10.1. The van der Waals surface area contributed by atoms with Crippen molar-refractivity contribution in [3.05, 3.63) is 71.3 Å². The predicted molar refractivity (Wildman–Crippen MR) is 115 cm³/mol. The molecule has 0 aromatic heterocycles. The molecule has 0 radical (unpaired) electrons. The minimum atomic E-state index is -0.0919. The summed E-state index contributed by atoms with van der Waals surface area (Å²) in [6.07, 6.45) is 2.43. The van der Waals surface area contributed by atoms with Crippen LogP contribution in [0.15, 0.2) is 54.6 Å². The standard InChI is InChI=1S/C24H31N3O2/c1-18(21-13-14-21)27(16-19-7-5-4-6-8-19)23(28)17-26(3)15-20-9-11-22(12-10-20)24(29)25-2/h4-12,18,21H,13-17H2,1-3H3,(H,25,29)/t18-/m1/s1. The van der Waals surface area contributed by atoms with Crippen molar-refractivity contribution >= 4 is 11.8 Å². The number of hydrogen-bond donors (Lipinski definition) is 1. The summed E-state index contributed by atoms with van der Waals surface area (Å²) in [4.78, 5) is 28.9. The molecule has 1 fully saturated rings. The van der Waals surface area contributed by atoms with Gasteiger partial charge >= 0.3 is 0 Å². The molecule has 29 heavy (non-hydrogen) atoms. The summed E-state index contributed by atoms with van der Waals surface area (Å²) in [6.45, 7) is 3.87. The Hall–Kier alpha value is -2.66. The summed E-state index contributed by atoms with van der Waals surface area (Å²) in [5.41, 5.74) is 2.89. The molecule has 1 aliphatic rings. The van der Waals surface area contributed by atoms with Crippen LogP contribution in [-0.4, -0.2) is 48.3 Å². The molecule has 0 bridgehead atoms. The maximum absolute atomic E-state index is 13.1. The minimum absolute atomic E-state index is 0.0919. The van der Waals surface area contributed by atoms with Crippen LogP contribution in [0, 0.1) is 5.92 Å². The maximum atomic E-state index is 13.1. The minimum Gasteiger partial charge on any atom is -0.355 e. The van der Waals surface area contributed by atoms with Crippen LogP contribution >= 0.6 is 0 Å². The molecule has 2 amide bonds. The Morgan fingerprint density at radius 3 is 2.21 bits per heavy atom. The Labute approximate surface area is 173 Å². The van der Waals surface area contributed by atoms with Crippen LogP contribution in [-0.2, 0) is 17.9 Å². The Morgan fingerprint density at radius 1 is 1.00 bits per heavy atom. The van der Waals surface area contributed by atoms with Gasteiger partial charge in [0.15, 0.2) is 0 Å². The van der Waals surface area contributed by atoms with Gasteiger partial charge in [0, 0.05) is 31.7 Å². The van der Waals surface area contributed by atoms with Gasteiger partial charge in [0.05, 0.1) is 6.54 Å². The fraction of sp³-hybridized carbons (Fsp3) is 0.417. The number of hydrogen-bond acceptors (Lipinski definition) is 3. The molecule has 0 aliphatic heterocycles. The van der Waals surface area contributed by atoms with Gasteiger partial charge in [-0.1, -0.05) is 42.5 Å². The van der Waals surface area contributed by atoms with E-state index in [2.05, 4.69) is 24.4 Å². The lowest BCUT2D eigenvalue weighted by Gasteiger charge is -2.31. The number of nitrogens with one attached hydrogen (secondary N) is 1. The van der Waals surface area contributed by atoms with E-state index in [9.17, 15) is 9.59 Å². The van der Waals surface area contributed by atoms with Gasteiger partial charge in [0.1, 0.15) is 0 Å². The number of nitrogens with zero attached hydrogens (tertiary/aromatic N) is 2. The molecule has 1 aliphatic carbocycles. The van der Waals surface area contributed by atoms with Gasteiger partial charge in [0.25, 0.3) is 5.91 Å². The molecule has 0 unspecified atom stereocenters. The second-order valence-electron chi connectivity index (χ2n) is 8.03. The van der Waals surface area contributed by atoms with Crippen molar-refractivity contribution in [1.29, 1.82) is 0 Å². The largest absolute Gasteiger partial charge is 0.355 e. The molecule has 154 valence electrons. The van der Waals surface area contributed by atoms with Gasteiger partial charge in [-0.25, -0.2) is 0 Å². The quantitative estimate of drug-likeness (QED) is 0.711. The van der Waals surface area contributed by atoms with Crippen LogP contribution in [0.1, 0.15) is 41.3 Å². The predicted octanol–water partition coefficient (Wildman–Crippen LogP) is 3.31. The van der Waals surface area contributed by atoms with Gasteiger partial charge in [-0.3, -0.25) is 14.5 Å². The number of benzene rings is 2. The fourth-order valence-electron chi connectivity index (χ4n) is 3.67. The van der Waals surface area contributed by atoms with Gasteiger partial charge in [-0.2, -0.15) is 0 Å². The molecule has 5 heteroatoms.